The number of carbonyl (C=O) groups excluding carboxylic acids is 1. The molecule has 4 heteroatoms. The molecule has 1 aliphatic rings. The van der Waals surface area contributed by atoms with Crippen LogP contribution in [0.2, 0.25) is 0 Å². The Morgan fingerprint density at radius 3 is 2.33 bits per heavy atom. The van der Waals surface area contributed by atoms with E-state index in [2.05, 4.69) is 0 Å². The zero-order chi connectivity index (χ0) is 11.5. The van der Waals surface area contributed by atoms with Gasteiger partial charge >= 0.3 is 0 Å². The minimum Gasteiger partial charge on any atom is -0.392 e. The van der Waals surface area contributed by atoms with E-state index in [4.69, 9.17) is 18.0 Å². The average Bonchev–Trinajstić information content (AvgIpc) is 2.28. The quantitative estimate of drug-likeness (QED) is 0.748. The van der Waals surface area contributed by atoms with Crippen molar-refractivity contribution in [3.05, 3.63) is 0 Å². The van der Waals surface area contributed by atoms with E-state index in [-0.39, 0.29) is 5.91 Å². The van der Waals surface area contributed by atoms with Crippen LogP contribution in [-0.2, 0) is 4.79 Å². The molecule has 1 rings (SSSR count). The van der Waals surface area contributed by atoms with Gasteiger partial charge in [0.1, 0.15) is 0 Å². The molecule has 1 amide bonds. The Hall–Kier alpha value is -0.640. The van der Waals surface area contributed by atoms with Gasteiger partial charge in [0, 0.05) is 13.1 Å². The van der Waals surface area contributed by atoms with Crippen molar-refractivity contribution in [2.24, 2.45) is 11.1 Å². The highest BCUT2D eigenvalue weighted by atomic mass is 32.1. The number of thiocarbonyl (C=S) groups is 1. The molecule has 86 valence electrons. The van der Waals surface area contributed by atoms with Crippen molar-refractivity contribution in [2.45, 2.75) is 39.5 Å². The molecule has 15 heavy (non-hydrogen) atoms. The summed E-state index contributed by atoms with van der Waals surface area (Å²) < 4.78 is 0. The molecular formula is C11H20N2OS. The maximum atomic E-state index is 12.3. The fourth-order valence-electron chi connectivity index (χ4n) is 1.88. The number of nitrogens with two attached hydrogens (primary N) is 1. The zero-order valence-electron chi connectivity index (χ0n) is 9.58. The monoisotopic (exact) mass is 228 g/mol. The number of likely N-dealkylation sites (tertiary alicyclic amines) is 1. The van der Waals surface area contributed by atoms with Crippen LogP contribution in [0.15, 0.2) is 0 Å². The average molecular weight is 228 g/mol. The summed E-state index contributed by atoms with van der Waals surface area (Å²) in [5, 5.41) is 0. The highest BCUT2D eigenvalue weighted by Crippen LogP contribution is 2.26. The SMILES string of the molecule is CCC(C)(C(=O)N1CCCCC1)C(N)=S. The van der Waals surface area contributed by atoms with Crippen LogP contribution in [0.5, 0.6) is 0 Å². The van der Waals surface area contributed by atoms with E-state index >= 15 is 0 Å². The van der Waals surface area contributed by atoms with Gasteiger partial charge in [-0.3, -0.25) is 4.79 Å². The number of rotatable bonds is 3. The summed E-state index contributed by atoms with van der Waals surface area (Å²) in [6, 6.07) is 0. The summed E-state index contributed by atoms with van der Waals surface area (Å²) in [5.41, 5.74) is 5.03. The van der Waals surface area contributed by atoms with Crippen molar-refractivity contribution < 1.29 is 4.79 Å². The number of piperidine rings is 1. The Balaban J connectivity index is 2.75. The van der Waals surface area contributed by atoms with Crippen LogP contribution in [-0.4, -0.2) is 28.9 Å². The molecule has 1 saturated heterocycles. The van der Waals surface area contributed by atoms with Gasteiger partial charge in [0.2, 0.25) is 5.91 Å². The van der Waals surface area contributed by atoms with Crippen LogP contribution >= 0.6 is 12.2 Å². The van der Waals surface area contributed by atoms with E-state index in [9.17, 15) is 4.79 Å². The minimum absolute atomic E-state index is 0.109. The van der Waals surface area contributed by atoms with E-state index in [1.807, 2.05) is 18.7 Å². The third kappa shape index (κ3) is 2.48. The Bertz CT molecular complexity index is 261. The smallest absolute Gasteiger partial charge is 0.235 e. The van der Waals surface area contributed by atoms with Gasteiger partial charge in [0.05, 0.1) is 10.4 Å². The summed E-state index contributed by atoms with van der Waals surface area (Å²) in [6.45, 7) is 5.53. The number of hydrogen-bond donors (Lipinski definition) is 1. The standard InChI is InChI=1S/C11H20N2OS/c1-3-11(2,9(12)15)10(14)13-7-5-4-6-8-13/h3-8H2,1-2H3,(H2,12,15). The Morgan fingerprint density at radius 2 is 1.93 bits per heavy atom. The first-order valence-electron chi connectivity index (χ1n) is 5.61. The molecule has 1 unspecified atom stereocenters. The normalized spacial score (nSPS) is 20.8. The molecule has 2 N–H and O–H groups in total. The van der Waals surface area contributed by atoms with Gasteiger partial charge in [-0.1, -0.05) is 19.1 Å². The van der Waals surface area contributed by atoms with Crippen LogP contribution in [0, 0.1) is 5.41 Å². The lowest BCUT2D eigenvalue weighted by molar-refractivity contribution is -0.138. The van der Waals surface area contributed by atoms with Crippen LogP contribution in [0.1, 0.15) is 39.5 Å². The van der Waals surface area contributed by atoms with Gasteiger partial charge in [-0.15, -0.1) is 0 Å². The molecule has 0 saturated carbocycles. The lowest BCUT2D eigenvalue weighted by Gasteiger charge is -2.35. The van der Waals surface area contributed by atoms with Crippen LogP contribution in [0.3, 0.4) is 0 Å². The van der Waals surface area contributed by atoms with E-state index in [0.717, 1.165) is 25.9 Å². The molecule has 0 radical (unpaired) electrons. The molecule has 1 heterocycles. The Morgan fingerprint density at radius 1 is 1.40 bits per heavy atom. The van der Waals surface area contributed by atoms with Gasteiger partial charge in [0.25, 0.3) is 0 Å². The fraction of sp³-hybridized carbons (Fsp3) is 0.818. The number of nitrogens with zero attached hydrogens (tertiary/aromatic N) is 1. The topological polar surface area (TPSA) is 46.3 Å². The van der Waals surface area contributed by atoms with E-state index in [0.29, 0.717) is 11.4 Å². The highest BCUT2D eigenvalue weighted by molar-refractivity contribution is 7.80. The van der Waals surface area contributed by atoms with Crippen LogP contribution in [0.25, 0.3) is 0 Å². The lowest BCUT2D eigenvalue weighted by Crippen LogP contribution is -2.50. The van der Waals surface area contributed by atoms with Crippen molar-refractivity contribution in [2.75, 3.05) is 13.1 Å². The van der Waals surface area contributed by atoms with Gasteiger partial charge in [-0.2, -0.15) is 0 Å². The van der Waals surface area contributed by atoms with Gasteiger partial charge in [0.15, 0.2) is 0 Å². The number of amides is 1. The minimum atomic E-state index is -0.646. The van der Waals surface area contributed by atoms with Crippen molar-refractivity contribution in [1.29, 1.82) is 0 Å². The maximum absolute atomic E-state index is 12.3. The molecule has 0 aliphatic carbocycles. The second-order valence-corrected chi connectivity index (χ2v) is 4.84. The molecule has 0 spiro atoms. The van der Waals surface area contributed by atoms with Crippen LogP contribution < -0.4 is 5.73 Å². The summed E-state index contributed by atoms with van der Waals surface area (Å²) in [5.74, 6) is 0.109. The Kier molecular flexibility index (Phi) is 4.08. The first-order chi connectivity index (χ1) is 7.02. The molecule has 1 fully saturated rings. The van der Waals surface area contributed by atoms with E-state index < -0.39 is 5.41 Å². The molecule has 1 aliphatic heterocycles. The summed E-state index contributed by atoms with van der Waals surface area (Å²) >= 11 is 5.01. The number of hydrogen-bond acceptors (Lipinski definition) is 2. The number of carbonyl (C=O) groups is 1. The second-order valence-electron chi connectivity index (χ2n) is 4.40. The van der Waals surface area contributed by atoms with Crippen molar-refractivity contribution in [3.8, 4) is 0 Å². The second kappa shape index (κ2) is 4.92. The van der Waals surface area contributed by atoms with E-state index in [1.54, 1.807) is 0 Å². The first kappa shape index (κ1) is 12.4. The van der Waals surface area contributed by atoms with E-state index in [1.165, 1.54) is 6.42 Å². The van der Waals surface area contributed by atoms with Gasteiger partial charge in [-0.05, 0) is 32.6 Å². The summed E-state index contributed by atoms with van der Waals surface area (Å²) in [6.07, 6.45) is 4.10. The van der Waals surface area contributed by atoms with Gasteiger partial charge < -0.3 is 10.6 Å². The van der Waals surface area contributed by atoms with Crippen molar-refractivity contribution in [1.82, 2.24) is 4.90 Å². The lowest BCUT2D eigenvalue weighted by atomic mass is 9.85. The molecular weight excluding hydrogens is 208 g/mol. The first-order valence-corrected chi connectivity index (χ1v) is 6.02. The summed E-state index contributed by atoms with van der Waals surface area (Å²) in [4.78, 5) is 14.5. The molecule has 1 atom stereocenters. The van der Waals surface area contributed by atoms with Crippen molar-refractivity contribution in [3.63, 3.8) is 0 Å². The summed E-state index contributed by atoms with van der Waals surface area (Å²) in [7, 11) is 0. The predicted molar refractivity (Wildman–Crippen MR) is 65.6 cm³/mol. The third-order valence-corrected chi connectivity index (χ3v) is 3.82. The van der Waals surface area contributed by atoms with Gasteiger partial charge in [-0.25, -0.2) is 0 Å². The zero-order valence-corrected chi connectivity index (χ0v) is 10.4. The molecule has 0 bridgehead atoms. The fourth-order valence-corrected chi connectivity index (χ4v) is 2.11. The molecule has 3 nitrogen and oxygen atoms in total. The molecule has 0 aromatic heterocycles. The molecule has 0 aromatic rings. The Labute approximate surface area is 97.0 Å². The molecule has 0 aromatic carbocycles. The predicted octanol–water partition coefficient (Wildman–Crippen LogP) is 1.70. The third-order valence-electron chi connectivity index (χ3n) is 3.37. The van der Waals surface area contributed by atoms with Crippen molar-refractivity contribution >= 4 is 23.1 Å². The highest BCUT2D eigenvalue weighted by Gasteiger charge is 2.38. The maximum Gasteiger partial charge on any atom is 0.235 e. The largest absolute Gasteiger partial charge is 0.392 e. The van der Waals surface area contributed by atoms with Crippen LogP contribution in [0.4, 0.5) is 0 Å².